The van der Waals surface area contributed by atoms with E-state index in [9.17, 15) is 0 Å². The Hall–Kier alpha value is -1.42. The molecule has 0 aliphatic rings. The predicted molar refractivity (Wildman–Crippen MR) is 91.3 cm³/mol. The lowest BCUT2D eigenvalue weighted by molar-refractivity contribution is 0.626. The minimum atomic E-state index is 0.0470. The molecule has 0 bridgehead atoms. The Kier molecular flexibility index (Phi) is 4.24. The third-order valence-electron chi connectivity index (χ3n) is 3.55. The van der Waals surface area contributed by atoms with Crippen LogP contribution in [0.25, 0.3) is 10.9 Å². The van der Waals surface area contributed by atoms with Crippen molar-refractivity contribution in [2.75, 3.05) is 6.54 Å². The van der Waals surface area contributed by atoms with Crippen molar-refractivity contribution in [3.05, 3.63) is 62.9 Å². The van der Waals surface area contributed by atoms with E-state index >= 15 is 0 Å². The number of thiophene rings is 1. The topological polar surface area (TPSA) is 24.9 Å². The second-order valence-electron chi connectivity index (χ2n) is 5.00. The second kappa shape index (κ2) is 6.14. The van der Waals surface area contributed by atoms with Gasteiger partial charge in [0.15, 0.2) is 0 Å². The molecule has 0 aliphatic carbocycles. The maximum atomic E-state index is 6.32. The lowest BCUT2D eigenvalue weighted by Crippen LogP contribution is -2.22. The molecular weight excluding hydrogens is 300 g/mol. The van der Waals surface area contributed by atoms with E-state index in [0.29, 0.717) is 0 Å². The predicted octanol–water partition coefficient (Wildman–Crippen LogP) is 4.96. The van der Waals surface area contributed by atoms with Crippen LogP contribution >= 0.6 is 22.9 Å². The molecule has 2 aromatic heterocycles. The van der Waals surface area contributed by atoms with E-state index in [1.807, 2.05) is 17.5 Å². The summed E-state index contributed by atoms with van der Waals surface area (Å²) in [7, 11) is 0. The monoisotopic (exact) mass is 316 g/mol. The summed E-state index contributed by atoms with van der Waals surface area (Å²) in [5.74, 6) is 0. The van der Waals surface area contributed by atoms with E-state index < -0.39 is 0 Å². The molecule has 0 aliphatic heterocycles. The Morgan fingerprint density at radius 3 is 2.81 bits per heavy atom. The highest BCUT2D eigenvalue weighted by molar-refractivity contribution is 7.10. The molecule has 3 aromatic rings. The average Bonchev–Trinajstić information content (AvgIpc) is 2.91. The first-order chi connectivity index (χ1) is 10.2. The Labute approximate surface area is 133 Å². The fourth-order valence-corrected chi connectivity index (χ4v) is 3.82. The molecule has 0 amide bonds. The largest absolute Gasteiger partial charge is 0.305 e. The van der Waals surface area contributed by atoms with Gasteiger partial charge < -0.3 is 5.32 Å². The van der Waals surface area contributed by atoms with Crippen molar-refractivity contribution >= 4 is 33.8 Å². The molecular formula is C17H17ClN2S. The van der Waals surface area contributed by atoms with Crippen LogP contribution in [0.3, 0.4) is 0 Å². The number of fused-ring (bicyclic) bond motifs is 1. The number of para-hydroxylation sites is 1. The fourth-order valence-electron chi connectivity index (χ4n) is 2.57. The highest BCUT2D eigenvalue weighted by Gasteiger charge is 2.19. The van der Waals surface area contributed by atoms with Gasteiger partial charge in [-0.2, -0.15) is 0 Å². The molecule has 21 heavy (non-hydrogen) atoms. The molecule has 0 radical (unpaired) electrons. The van der Waals surface area contributed by atoms with Crippen molar-refractivity contribution < 1.29 is 0 Å². The molecule has 2 heterocycles. The van der Waals surface area contributed by atoms with Gasteiger partial charge in [0.1, 0.15) is 0 Å². The highest BCUT2D eigenvalue weighted by Crippen LogP contribution is 2.33. The van der Waals surface area contributed by atoms with Crippen LogP contribution in [-0.2, 0) is 0 Å². The summed E-state index contributed by atoms with van der Waals surface area (Å²) >= 11 is 7.99. The van der Waals surface area contributed by atoms with Gasteiger partial charge in [0, 0.05) is 10.3 Å². The molecule has 1 N–H and O–H groups in total. The molecule has 0 spiro atoms. The van der Waals surface area contributed by atoms with Crippen molar-refractivity contribution in [1.29, 1.82) is 0 Å². The lowest BCUT2D eigenvalue weighted by atomic mass is 10.0. The van der Waals surface area contributed by atoms with Gasteiger partial charge in [-0.15, -0.1) is 11.3 Å². The zero-order chi connectivity index (χ0) is 14.8. The number of aromatic nitrogens is 1. The van der Waals surface area contributed by atoms with Crippen LogP contribution in [0.15, 0.2) is 41.8 Å². The standard InChI is InChI=1S/C17H17ClN2S/c1-3-19-16(17-13(18)8-9-21-17)15-10-11(2)12-6-4-5-7-14(12)20-15/h4-10,16,19H,3H2,1-2H3. The maximum Gasteiger partial charge on any atom is 0.0860 e. The van der Waals surface area contributed by atoms with E-state index in [1.165, 1.54) is 10.9 Å². The van der Waals surface area contributed by atoms with Gasteiger partial charge in [-0.25, -0.2) is 0 Å². The highest BCUT2D eigenvalue weighted by atomic mass is 35.5. The number of rotatable bonds is 4. The molecule has 4 heteroatoms. The number of pyridine rings is 1. The van der Waals surface area contributed by atoms with Crippen LogP contribution < -0.4 is 5.32 Å². The summed E-state index contributed by atoms with van der Waals surface area (Å²) in [5, 5.41) is 7.53. The first-order valence-electron chi connectivity index (χ1n) is 7.03. The van der Waals surface area contributed by atoms with Crippen LogP contribution in [0.1, 0.15) is 29.1 Å². The Bertz CT molecular complexity index is 766. The third-order valence-corrected chi connectivity index (χ3v) is 4.98. The van der Waals surface area contributed by atoms with Crippen LogP contribution in [-0.4, -0.2) is 11.5 Å². The Balaban J connectivity index is 2.14. The molecule has 1 aromatic carbocycles. The number of nitrogens with zero attached hydrogens (tertiary/aromatic N) is 1. The van der Waals surface area contributed by atoms with Gasteiger partial charge in [-0.05, 0) is 42.6 Å². The first-order valence-corrected chi connectivity index (χ1v) is 8.29. The minimum Gasteiger partial charge on any atom is -0.305 e. The number of nitrogens with one attached hydrogen (secondary N) is 1. The summed E-state index contributed by atoms with van der Waals surface area (Å²) in [4.78, 5) is 5.96. The molecule has 0 fully saturated rings. The maximum absolute atomic E-state index is 6.32. The smallest absolute Gasteiger partial charge is 0.0860 e. The van der Waals surface area contributed by atoms with Crippen molar-refractivity contribution in [3.8, 4) is 0 Å². The number of hydrogen-bond acceptors (Lipinski definition) is 3. The summed E-state index contributed by atoms with van der Waals surface area (Å²) in [5.41, 5.74) is 3.30. The molecule has 108 valence electrons. The third kappa shape index (κ3) is 2.82. The molecule has 0 saturated heterocycles. The average molecular weight is 317 g/mol. The lowest BCUT2D eigenvalue weighted by Gasteiger charge is -2.18. The van der Waals surface area contributed by atoms with Gasteiger partial charge in [0.2, 0.25) is 0 Å². The summed E-state index contributed by atoms with van der Waals surface area (Å²) in [6.45, 7) is 5.10. The number of halogens is 1. The Morgan fingerprint density at radius 2 is 2.10 bits per heavy atom. The summed E-state index contributed by atoms with van der Waals surface area (Å²) in [6.07, 6.45) is 0. The van der Waals surface area contributed by atoms with Gasteiger partial charge in [0.25, 0.3) is 0 Å². The van der Waals surface area contributed by atoms with Crippen molar-refractivity contribution in [3.63, 3.8) is 0 Å². The van der Waals surface area contributed by atoms with Crippen LogP contribution in [0.2, 0.25) is 5.02 Å². The molecule has 0 saturated carbocycles. The van der Waals surface area contributed by atoms with Crippen LogP contribution in [0.5, 0.6) is 0 Å². The summed E-state index contributed by atoms with van der Waals surface area (Å²) < 4.78 is 0. The van der Waals surface area contributed by atoms with Crippen molar-refractivity contribution in [2.24, 2.45) is 0 Å². The van der Waals surface area contributed by atoms with E-state index in [-0.39, 0.29) is 6.04 Å². The van der Waals surface area contributed by atoms with Gasteiger partial charge in [-0.3, -0.25) is 4.98 Å². The molecule has 3 rings (SSSR count). The van der Waals surface area contributed by atoms with E-state index in [0.717, 1.165) is 27.7 Å². The zero-order valence-electron chi connectivity index (χ0n) is 12.1. The van der Waals surface area contributed by atoms with Crippen LogP contribution in [0.4, 0.5) is 0 Å². The Morgan fingerprint density at radius 1 is 1.29 bits per heavy atom. The SMILES string of the molecule is CCNC(c1cc(C)c2ccccc2n1)c1sccc1Cl. The number of hydrogen-bond donors (Lipinski definition) is 1. The van der Waals surface area contributed by atoms with E-state index in [2.05, 4.69) is 43.4 Å². The van der Waals surface area contributed by atoms with E-state index in [4.69, 9.17) is 16.6 Å². The fraction of sp³-hybridized carbons (Fsp3) is 0.235. The van der Waals surface area contributed by atoms with Gasteiger partial charge in [-0.1, -0.05) is 36.7 Å². The quantitative estimate of drug-likeness (QED) is 0.736. The van der Waals surface area contributed by atoms with Gasteiger partial charge in [0.05, 0.1) is 22.3 Å². The minimum absolute atomic E-state index is 0.0470. The normalized spacial score (nSPS) is 12.7. The number of aryl methyl sites for hydroxylation is 1. The number of benzene rings is 1. The zero-order valence-corrected chi connectivity index (χ0v) is 13.6. The molecule has 2 nitrogen and oxygen atoms in total. The summed E-state index contributed by atoms with van der Waals surface area (Å²) in [6, 6.07) is 12.4. The molecule has 1 unspecified atom stereocenters. The molecule has 1 atom stereocenters. The van der Waals surface area contributed by atoms with Crippen LogP contribution in [0, 0.1) is 6.92 Å². The second-order valence-corrected chi connectivity index (χ2v) is 6.36. The van der Waals surface area contributed by atoms with Crippen molar-refractivity contribution in [1.82, 2.24) is 10.3 Å². The van der Waals surface area contributed by atoms with Gasteiger partial charge >= 0.3 is 0 Å². The first kappa shape index (κ1) is 14.5. The van der Waals surface area contributed by atoms with Crippen molar-refractivity contribution in [2.45, 2.75) is 19.9 Å². The van der Waals surface area contributed by atoms with E-state index in [1.54, 1.807) is 11.3 Å².